The molecule has 0 saturated carbocycles. The van der Waals surface area contributed by atoms with Crippen molar-refractivity contribution in [3.05, 3.63) is 5.69 Å². The first-order valence-corrected chi connectivity index (χ1v) is 4.66. The molecule has 0 amide bonds. The second kappa shape index (κ2) is 4.32. The first-order chi connectivity index (χ1) is 6.57. The number of aryl methyl sites for hydroxylation is 1. The van der Waals surface area contributed by atoms with Gasteiger partial charge in [0, 0.05) is 0 Å². The molecule has 5 heteroatoms. The molecule has 0 saturated heterocycles. The zero-order valence-electron chi connectivity index (χ0n) is 8.82. The van der Waals surface area contributed by atoms with E-state index in [2.05, 4.69) is 5.10 Å². The Kier molecular flexibility index (Phi) is 3.35. The van der Waals surface area contributed by atoms with Gasteiger partial charge in [-0.05, 0) is 20.8 Å². The van der Waals surface area contributed by atoms with E-state index in [0.29, 0.717) is 11.6 Å². The summed E-state index contributed by atoms with van der Waals surface area (Å²) in [7, 11) is 0. The van der Waals surface area contributed by atoms with Crippen molar-refractivity contribution in [2.24, 2.45) is 0 Å². The van der Waals surface area contributed by atoms with Crippen LogP contribution in [0.3, 0.4) is 0 Å². The Bertz CT molecular complexity index is 307. The predicted molar refractivity (Wildman–Crippen MR) is 54.3 cm³/mol. The molecule has 0 aliphatic carbocycles. The molecule has 0 unspecified atom stereocenters. The number of aromatic nitrogens is 2. The third-order valence-electron chi connectivity index (χ3n) is 1.91. The number of nitrogens with zero attached hydrogens (tertiary/aromatic N) is 2. The maximum Gasteiger partial charge on any atom is 0.236 e. The molecule has 3 N–H and O–H groups in total. The van der Waals surface area contributed by atoms with E-state index < -0.39 is 0 Å². The van der Waals surface area contributed by atoms with Gasteiger partial charge in [-0.2, -0.15) is 5.10 Å². The average molecular weight is 199 g/mol. The van der Waals surface area contributed by atoms with E-state index in [0.717, 1.165) is 5.69 Å². The molecule has 80 valence electrons. The van der Waals surface area contributed by atoms with Crippen molar-refractivity contribution in [2.75, 3.05) is 18.9 Å². The van der Waals surface area contributed by atoms with Gasteiger partial charge in [0.05, 0.1) is 18.3 Å². The fourth-order valence-corrected chi connectivity index (χ4v) is 1.18. The third-order valence-corrected chi connectivity index (χ3v) is 1.91. The van der Waals surface area contributed by atoms with Gasteiger partial charge in [0.15, 0.2) is 0 Å². The summed E-state index contributed by atoms with van der Waals surface area (Å²) in [5.74, 6) is 0.548. The Balaban J connectivity index is 2.97. The van der Waals surface area contributed by atoms with Gasteiger partial charge < -0.3 is 15.6 Å². The topological polar surface area (TPSA) is 73.3 Å². The predicted octanol–water partition coefficient (Wildman–Crippen LogP) is 0.726. The Labute approximate surface area is 83.5 Å². The highest BCUT2D eigenvalue weighted by Gasteiger charge is 2.15. The summed E-state index contributed by atoms with van der Waals surface area (Å²) in [6, 6.07) is 0.194. The second-order valence-corrected chi connectivity index (χ2v) is 3.41. The molecule has 0 spiro atoms. The van der Waals surface area contributed by atoms with E-state index in [4.69, 9.17) is 15.6 Å². The number of nitrogens with two attached hydrogens (primary N) is 1. The molecule has 0 atom stereocenters. The van der Waals surface area contributed by atoms with Gasteiger partial charge in [0.25, 0.3) is 0 Å². The summed E-state index contributed by atoms with van der Waals surface area (Å²) in [5.41, 5.74) is 7.10. The minimum Gasteiger partial charge on any atom is -0.474 e. The van der Waals surface area contributed by atoms with Gasteiger partial charge in [0.1, 0.15) is 12.3 Å². The fourth-order valence-electron chi connectivity index (χ4n) is 1.18. The average Bonchev–Trinajstić information content (AvgIpc) is 2.41. The third kappa shape index (κ3) is 1.98. The van der Waals surface area contributed by atoms with Crippen LogP contribution in [0.25, 0.3) is 0 Å². The van der Waals surface area contributed by atoms with Crippen LogP contribution in [0.4, 0.5) is 5.69 Å². The number of rotatable bonds is 4. The Morgan fingerprint density at radius 3 is 2.71 bits per heavy atom. The lowest BCUT2D eigenvalue weighted by atomic mass is 10.4. The maximum atomic E-state index is 8.66. The largest absolute Gasteiger partial charge is 0.474 e. The molecule has 0 aliphatic heterocycles. The number of aliphatic hydroxyl groups is 1. The van der Waals surface area contributed by atoms with Crippen LogP contribution in [0, 0.1) is 6.92 Å². The number of anilines is 1. The molecular weight excluding hydrogens is 182 g/mol. The first-order valence-electron chi connectivity index (χ1n) is 4.66. The van der Waals surface area contributed by atoms with Crippen molar-refractivity contribution in [2.45, 2.75) is 26.8 Å². The lowest BCUT2D eigenvalue weighted by molar-refractivity contribution is 0.188. The number of aliphatic hydroxyl groups excluding tert-OH is 1. The fraction of sp³-hybridized carbons (Fsp3) is 0.667. The van der Waals surface area contributed by atoms with Gasteiger partial charge in [0.2, 0.25) is 5.88 Å². The highest BCUT2D eigenvalue weighted by molar-refractivity contribution is 5.52. The van der Waals surface area contributed by atoms with Gasteiger partial charge in [-0.3, -0.25) is 0 Å². The summed E-state index contributed by atoms with van der Waals surface area (Å²) in [6.07, 6.45) is 0. The van der Waals surface area contributed by atoms with Crippen LogP contribution in [0.5, 0.6) is 5.88 Å². The molecule has 5 nitrogen and oxygen atoms in total. The quantitative estimate of drug-likeness (QED) is 0.749. The number of nitrogen functional groups attached to an aromatic ring is 1. The number of ether oxygens (including phenoxy) is 1. The summed E-state index contributed by atoms with van der Waals surface area (Å²) in [4.78, 5) is 0. The molecule has 1 aromatic heterocycles. The van der Waals surface area contributed by atoms with Crippen LogP contribution in [-0.4, -0.2) is 28.1 Å². The van der Waals surface area contributed by atoms with E-state index >= 15 is 0 Å². The normalized spacial score (nSPS) is 10.9. The Morgan fingerprint density at radius 2 is 2.21 bits per heavy atom. The summed E-state index contributed by atoms with van der Waals surface area (Å²) in [6.45, 7) is 6.04. The monoisotopic (exact) mass is 199 g/mol. The van der Waals surface area contributed by atoms with E-state index in [1.807, 2.05) is 20.8 Å². The molecule has 1 aromatic rings. The van der Waals surface area contributed by atoms with Crippen LogP contribution in [-0.2, 0) is 0 Å². The first kappa shape index (κ1) is 10.8. The summed E-state index contributed by atoms with van der Waals surface area (Å²) >= 11 is 0. The lowest BCUT2D eigenvalue weighted by Crippen LogP contribution is -2.10. The lowest BCUT2D eigenvalue weighted by Gasteiger charge is -2.11. The highest BCUT2D eigenvalue weighted by atomic mass is 16.5. The van der Waals surface area contributed by atoms with Crippen molar-refractivity contribution >= 4 is 5.69 Å². The number of hydrogen-bond acceptors (Lipinski definition) is 4. The van der Waals surface area contributed by atoms with Crippen LogP contribution in [0.1, 0.15) is 25.6 Å². The zero-order valence-corrected chi connectivity index (χ0v) is 8.82. The molecule has 0 aromatic carbocycles. The highest BCUT2D eigenvalue weighted by Crippen LogP contribution is 2.27. The van der Waals surface area contributed by atoms with Crippen molar-refractivity contribution in [3.8, 4) is 5.88 Å². The van der Waals surface area contributed by atoms with Crippen molar-refractivity contribution in [1.82, 2.24) is 9.78 Å². The molecular formula is C9H17N3O2. The maximum absolute atomic E-state index is 8.66. The van der Waals surface area contributed by atoms with E-state index in [9.17, 15) is 0 Å². The van der Waals surface area contributed by atoms with Crippen LogP contribution < -0.4 is 10.5 Å². The van der Waals surface area contributed by atoms with Crippen LogP contribution >= 0.6 is 0 Å². The van der Waals surface area contributed by atoms with Gasteiger partial charge >= 0.3 is 0 Å². The van der Waals surface area contributed by atoms with Crippen molar-refractivity contribution in [3.63, 3.8) is 0 Å². The van der Waals surface area contributed by atoms with Crippen molar-refractivity contribution < 1.29 is 9.84 Å². The standard InChI is InChI=1S/C9H17N3O2/c1-6(2)12-9(14-5-4-13)8(10)7(3)11-12/h6,13H,4-5,10H2,1-3H3. The second-order valence-electron chi connectivity index (χ2n) is 3.41. The summed E-state index contributed by atoms with van der Waals surface area (Å²) < 4.78 is 7.05. The minimum absolute atomic E-state index is 0.0260. The molecule has 0 fully saturated rings. The van der Waals surface area contributed by atoms with Crippen LogP contribution in [0.2, 0.25) is 0 Å². The molecule has 1 heterocycles. The molecule has 0 aliphatic rings. The molecule has 1 rings (SSSR count). The van der Waals surface area contributed by atoms with E-state index in [1.54, 1.807) is 4.68 Å². The summed E-state index contributed by atoms with van der Waals surface area (Å²) in [5, 5.41) is 12.9. The van der Waals surface area contributed by atoms with E-state index in [1.165, 1.54) is 0 Å². The SMILES string of the molecule is Cc1nn(C(C)C)c(OCCO)c1N. The van der Waals surface area contributed by atoms with Crippen molar-refractivity contribution in [1.29, 1.82) is 0 Å². The Hall–Kier alpha value is -1.23. The smallest absolute Gasteiger partial charge is 0.236 e. The number of hydrogen-bond donors (Lipinski definition) is 2. The van der Waals surface area contributed by atoms with Gasteiger partial charge in [-0.15, -0.1) is 0 Å². The van der Waals surface area contributed by atoms with E-state index in [-0.39, 0.29) is 19.3 Å². The Morgan fingerprint density at radius 1 is 1.57 bits per heavy atom. The molecule has 0 radical (unpaired) electrons. The molecule has 14 heavy (non-hydrogen) atoms. The van der Waals surface area contributed by atoms with Gasteiger partial charge in [-0.1, -0.05) is 0 Å². The van der Waals surface area contributed by atoms with Gasteiger partial charge in [-0.25, -0.2) is 4.68 Å². The minimum atomic E-state index is -0.0260. The zero-order chi connectivity index (χ0) is 10.7. The molecule has 0 bridgehead atoms. The van der Waals surface area contributed by atoms with Crippen LogP contribution in [0.15, 0.2) is 0 Å².